The van der Waals surface area contributed by atoms with Crippen LogP contribution in [-0.2, 0) is 6.54 Å². The lowest BCUT2D eigenvalue weighted by atomic mass is 10.0. The molecule has 1 rings (SSSR count). The van der Waals surface area contributed by atoms with Gasteiger partial charge in [0.1, 0.15) is 5.75 Å². The molecule has 0 fully saturated rings. The highest BCUT2D eigenvalue weighted by atomic mass is 19.3. The van der Waals surface area contributed by atoms with Crippen LogP contribution in [0, 0.1) is 5.92 Å². The van der Waals surface area contributed by atoms with E-state index >= 15 is 0 Å². The van der Waals surface area contributed by atoms with Gasteiger partial charge >= 0.3 is 6.61 Å². The molecule has 0 aliphatic heterocycles. The first kappa shape index (κ1) is 17.9. The van der Waals surface area contributed by atoms with E-state index in [9.17, 15) is 8.78 Å². The summed E-state index contributed by atoms with van der Waals surface area (Å²) in [5, 5.41) is 3.45. The quantitative estimate of drug-likeness (QED) is 0.757. The van der Waals surface area contributed by atoms with E-state index in [1.165, 1.54) is 0 Å². The molecule has 0 saturated heterocycles. The van der Waals surface area contributed by atoms with Crippen LogP contribution in [-0.4, -0.2) is 38.2 Å². The van der Waals surface area contributed by atoms with Gasteiger partial charge in [0, 0.05) is 24.7 Å². The fraction of sp³-hybridized carbons (Fsp3) is 0.625. The summed E-state index contributed by atoms with van der Waals surface area (Å²) in [4.78, 5) is 2.13. The van der Waals surface area contributed by atoms with Gasteiger partial charge in [-0.2, -0.15) is 8.78 Å². The number of nitrogens with zero attached hydrogens (tertiary/aromatic N) is 1. The molecule has 0 heterocycles. The van der Waals surface area contributed by atoms with E-state index in [1.807, 2.05) is 26.2 Å². The van der Waals surface area contributed by atoms with Crippen molar-refractivity contribution in [3.8, 4) is 5.75 Å². The van der Waals surface area contributed by atoms with Gasteiger partial charge < -0.3 is 15.0 Å². The second-order valence-electron chi connectivity index (χ2n) is 5.96. The second-order valence-corrected chi connectivity index (χ2v) is 5.96. The number of rotatable bonds is 9. The summed E-state index contributed by atoms with van der Waals surface area (Å²) in [6, 6.07) is 7.24. The van der Waals surface area contributed by atoms with Crippen molar-refractivity contribution in [1.29, 1.82) is 0 Å². The molecule has 1 aromatic rings. The second kappa shape index (κ2) is 8.95. The summed E-state index contributed by atoms with van der Waals surface area (Å²) in [7, 11) is 4.06. The van der Waals surface area contributed by atoms with Crippen molar-refractivity contribution in [3.05, 3.63) is 29.8 Å². The van der Waals surface area contributed by atoms with E-state index < -0.39 is 6.61 Å². The number of nitrogens with one attached hydrogen (secondary N) is 1. The van der Waals surface area contributed by atoms with Crippen LogP contribution in [0.2, 0.25) is 0 Å². The Labute approximate surface area is 126 Å². The number of alkyl halides is 2. The summed E-state index contributed by atoms with van der Waals surface area (Å²) < 4.78 is 29.3. The van der Waals surface area contributed by atoms with Crippen molar-refractivity contribution in [3.63, 3.8) is 0 Å². The van der Waals surface area contributed by atoms with Crippen molar-refractivity contribution in [1.82, 2.24) is 10.2 Å². The Kier molecular flexibility index (Phi) is 7.61. The molecule has 0 spiro atoms. The molecule has 3 nitrogen and oxygen atoms in total. The molecular weight excluding hydrogens is 274 g/mol. The van der Waals surface area contributed by atoms with Crippen molar-refractivity contribution < 1.29 is 13.5 Å². The highest BCUT2D eigenvalue weighted by molar-refractivity contribution is 5.33. The minimum Gasteiger partial charge on any atom is -0.434 e. The zero-order chi connectivity index (χ0) is 15.8. The van der Waals surface area contributed by atoms with Crippen LogP contribution >= 0.6 is 0 Å². The third-order valence-electron chi connectivity index (χ3n) is 3.11. The van der Waals surface area contributed by atoms with E-state index in [1.54, 1.807) is 12.1 Å². The van der Waals surface area contributed by atoms with Crippen LogP contribution in [0.1, 0.15) is 25.8 Å². The Balaban J connectivity index is 2.66. The maximum absolute atomic E-state index is 12.4. The summed E-state index contributed by atoms with van der Waals surface area (Å²) >= 11 is 0. The number of hydrogen-bond acceptors (Lipinski definition) is 3. The van der Waals surface area contributed by atoms with Crippen LogP contribution in [0.25, 0.3) is 0 Å². The average molecular weight is 300 g/mol. The van der Waals surface area contributed by atoms with Gasteiger partial charge in [-0.3, -0.25) is 0 Å². The molecule has 5 heteroatoms. The van der Waals surface area contributed by atoms with Gasteiger partial charge in [-0.05, 0) is 32.5 Å². The van der Waals surface area contributed by atoms with Crippen LogP contribution in [0.3, 0.4) is 0 Å². The summed E-state index contributed by atoms with van der Waals surface area (Å²) in [5.74, 6) is 0.822. The lowest BCUT2D eigenvalue weighted by Gasteiger charge is -2.24. The fourth-order valence-electron chi connectivity index (χ4n) is 2.35. The Morgan fingerprint density at radius 3 is 2.43 bits per heavy atom. The molecule has 0 bridgehead atoms. The van der Waals surface area contributed by atoms with E-state index in [0.29, 0.717) is 18.5 Å². The minimum absolute atomic E-state index is 0.244. The lowest BCUT2D eigenvalue weighted by Crippen LogP contribution is -2.38. The minimum atomic E-state index is -2.79. The van der Waals surface area contributed by atoms with Gasteiger partial charge in [-0.25, -0.2) is 0 Å². The maximum atomic E-state index is 12.4. The largest absolute Gasteiger partial charge is 0.434 e. The Morgan fingerprint density at radius 2 is 1.86 bits per heavy atom. The number of hydrogen-bond donors (Lipinski definition) is 1. The molecule has 21 heavy (non-hydrogen) atoms. The highest BCUT2D eigenvalue weighted by Crippen LogP contribution is 2.20. The van der Waals surface area contributed by atoms with Crippen LogP contribution in [0.15, 0.2) is 24.3 Å². The predicted molar refractivity (Wildman–Crippen MR) is 81.7 cm³/mol. The molecule has 0 amide bonds. The molecule has 0 aliphatic rings. The van der Waals surface area contributed by atoms with E-state index in [-0.39, 0.29) is 5.75 Å². The highest BCUT2D eigenvalue weighted by Gasteiger charge is 2.14. The Bertz CT molecular complexity index is 401. The molecule has 0 radical (unpaired) electrons. The molecule has 1 N–H and O–H groups in total. The first-order chi connectivity index (χ1) is 9.88. The van der Waals surface area contributed by atoms with Crippen LogP contribution in [0.4, 0.5) is 8.78 Å². The third kappa shape index (κ3) is 7.39. The van der Waals surface area contributed by atoms with Crippen LogP contribution in [0.5, 0.6) is 5.75 Å². The molecule has 0 aromatic heterocycles. The van der Waals surface area contributed by atoms with Gasteiger partial charge in [-0.15, -0.1) is 0 Å². The summed E-state index contributed by atoms with van der Waals surface area (Å²) in [6.07, 6.45) is 1.04. The van der Waals surface area contributed by atoms with E-state index in [4.69, 9.17) is 0 Å². The van der Waals surface area contributed by atoms with Crippen molar-refractivity contribution in [2.45, 2.75) is 39.5 Å². The number of ether oxygens (including phenoxy) is 1. The number of benzene rings is 1. The summed E-state index contributed by atoms with van der Waals surface area (Å²) in [5.41, 5.74) is 0.755. The van der Waals surface area contributed by atoms with Gasteiger partial charge in [0.2, 0.25) is 0 Å². The third-order valence-corrected chi connectivity index (χ3v) is 3.11. The topological polar surface area (TPSA) is 24.5 Å². The average Bonchev–Trinajstić information content (AvgIpc) is 2.35. The standard InChI is InChI=1S/C16H26F2N2O/c1-12(2)9-14(11-20(3)4)19-10-13-7-5-6-8-15(13)21-16(17)18/h5-8,12,14,16,19H,9-11H2,1-4H3. The van der Waals surface area contributed by atoms with Crippen molar-refractivity contribution >= 4 is 0 Å². The molecule has 0 saturated carbocycles. The smallest absolute Gasteiger partial charge is 0.387 e. The van der Waals surface area contributed by atoms with Crippen molar-refractivity contribution in [2.75, 3.05) is 20.6 Å². The first-order valence-corrected chi connectivity index (χ1v) is 7.29. The number of halogens is 2. The number of likely N-dealkylation sites (N-methyl/N-ethyl adjacent to an activating group) is 1. The molecule has 120 valence electrons. The number of para-hydroxylation sites is 1. The molecule has 0 aliphatic carbocycles. The zero-order valence-electron chi connectivity index (χ0n) is 13.3. The fourth-order valence-corrected chi connectivity index (χ4v) is 2.35. The normalized spacial score (nSPS) is 13.2. The predicted octanol–water partition coefficient (Wildman–Crippen LogP) is 3.35. The van der Waals surface area contributed by atoms with Gasteiger partial charge in [-0.1, -0.05) is 32.0 Å². The van der Waals surface area contributed by atoms with Gasteiger partial charge in [0.25, 0.3) is 0 Å². The van der Waals surface area contributed by atoms with E-state index in [2.05, 4.69) is 28.8 Å². The van der Waals surface area contributed by atoms with Gasteiger partial charge in [0.15, 0.2) is 0 Å². The van der Waals surface area contributed by atoms with Gasteiger partial charge in [0.05, 0.1) is 0 Å². The molecule has 1 aromatic carbocycles. The van der Waals surface area contributed by atoms with E-state index in [0.717, 1.165) is 18.5 Å². The maximum Gasteiger partial charge on any atom is 0.387 e. The van der Waals surface area contributed by atoms with Crippen molar-refractivity contribution in [2.24, 2.45) is 5.92 Å². The molecule has 1 unspecified atom stereocenters. The summed E-state index contributed by atoms with van der Waals surface area (Å²) in [6.45, 7) is 3.00. The Morgan fingerprint density at radius 1 is 1.19 bits per heavy atom. The molecular formula is C16H26F2N2O. The monoisotopic (exact) mass is 300 g/mol. The zero-order valence-corrected chi connectivity index (χ0v) is 13.3. The molecule has 1 atom stereocenters. The van der Waals surface area contributed by atoms with Crippen LogP contribution < -0.4 is 10.1 Å². The SMILES string of the molecule is CC(C)CC(CN(C)C)NCc1ccccc1OC(F)F. The lowest BCUT2D eigenvalue weighted by molar-refractivity contribution is -0.0505. The Hall–Kier alpha value is -1.20. The first-order valence-electron chi connectivity index (χ1n) is 7.29.